The summed E-state index contributed by atoms with van der Waals surface area (Å²) in [7, 11) is 0. The Morgan fingerprint density at radius 3 is 1.57 bits per heavy atom. The summed E-state index contributed by atoms with van der Waals surface area (Å²) in [5, 5.41) is 9.33. The standard InChI is InChI=1S/C2H3N3.2H2S/c1-2-4-5-3-1;;/h1-2H,(H,3,4,5);2*1H2. The number of hydrogen-bond acceptors (Lipinski definition) is 2. The normalized spacial score (nSPS) is 5.71. The van der Waals surface area contributed by atoms with Gasteiger partial charge in [-0.05, 0) is 0 Å². The molecule has 0 saturated carbocycles. The second-order valence-electron chi connectivity index (χ2n) is 0.656. The van der Waals surface area contributed by atoms with Crippen LogP contribution < -0.4 is 0 Å². The third kappa shape index (κ3) is 3.68. The molecule has 0 aliphatic heterocycles. The van der Waals surface area contributed by atoms with E-state index < -0.39 is 0 Å². The average Bonchev–Trinajstić information content (AvgIpc) is 1.76. The van der Waals surface area contributed by atoms with Gasteiger partial charge in [-0.2, -0.15) is 42.4 Å². The molecule has 0 saturated heterocycles. The maximum absolute atomic E-state index is 3.49. The monoisotopic (exact) mass is 137 g/mol. The lowest BCUT2D eigenvalue weighted by Crippen LogP contribution is -1.61. The van der Waals surface area contributed by atoms with Crippen LogP contribution in [-0.4, -0.2) is 15.4 Å². The van der Waals surface area contributed by atoms with E-state index in [-0.39, 0.29) is 27.0 Å². The smallest absolute Gasteiger partial charge is 0.0690 e. The summed E-state index contributed by atoms with van der Waals surface area (Å²) in [6, 6.07) is 0. The van der Waals surface area contributed by atoms with Gasteiger partial charge in [-0.1, -0.05) is 0 Å². The highest BCUT2D eigenvalue weighted by Crippen LogP contribution is 1.55. The molecule has 1 N–H and O–H groups in total. The number of aromatic amines is 1. The van der Waals surface area contributed by atoms with Gasteiger partial charge in [-0.25, -0.2) is 0 Å². The van der Waals surface area contributed by atoms with Crippen molar-refractivity contribution in [2.24, 2.45) is 0 Å². The van der Waals surface area contributed by atoms with Gasteiger partial charge in [0.15, 0.2) is 0 Å². The van der Waals surface area contributed by atoms with E-state index in [1.165, 1.54) is 0 Å². The molecule has 1 aromatic rings. The maximum atomic E-state index is 3.49. The molecule has 5 heteroatoms. The first-order chi connectivity index (χ1) is 2.50. The molecule has 0 aliphatic carbocycles. The topological polar surface area (TPSA) is 41.6 Å². The average molecular weight is 137 g/mol. The maximum Gasteiger partial charge on any atom is 0.0690 e. The predicted octanol–water partition coefficient (Wildman–Crippen LogP) is 0.0303. The fraction of sp³-hybridized carbons (Fsp3) is 0. The molecule has 0 amide bonds. The van der Waals surface area contributed by atoms with Crippen molar-refractivity contribution in [3.63, 3.8) is 0 Å². The molecular weight excluding hydrogens is 130 g/mol. The molecule has 0 bridgehead atoms. The number of hydrogen-bond donors (Lipinski definition) is 1. The lowest BCUT2D eigenvalue weighted by molar-refractivity contribution is 0.940. The zero-order valence-corrected chi connectivity index (χ0v) is 5.55. The molecule has 0 fully saturated rings. The Morgan fingerprint density at radius 1 is 1.00 bits per heavy atom. The molecule has 1 heterocycles. The van der Waals surface area contributed by atoms with Crippen molar-refractivity contribution in [2.75, 3.05) is 0 Å². The highest BCUT2D eigenvalue weighted by molar-refractivity contribution is 7.59. The molecule has 3 nitrogen and oxygen atoms in total. The van der Waals surface area contributed by atoms with Crippen LogP contribution in [0.1, 0.15) is 0 Å². The zero-order chi connectivity index (χ0) is 3.54. The van der Waals surface area contributed by atoms with Gasteiger partial charge in [0.05, 0.1) is 12.4 Å². The summed E-state index contributed by atoms with van der Waals surface area (Å²) in [5.74, 6) is 0. The summed E-state index contributed by atoms with van der Waals surface area (Å²) in [6.45, 7) is 0. The summed E-state index contributed by atoms with van der Waals surface area (Å²) in [6.07, 6.45) is 3.17. The van der Waals surface area contributed by atoms with Gasteiger partial charge in [-0.3, -0.25) is 0 Å². The van der Waals surface area contributed by atoms with Crippen LogP contribution in [0.4, 0.5) is 0 Å². The molecule has 0 radical (unpaired) electrons. The molecule has 0 unspecified atom stereocenters. The van der Waals surface area contributed by atoms with Crippen LogP contribution >= 0.6 is 27.0 Å². The van der Waals surface area contributed by atoms with Crippen molar-refractivity contribution >= 4 is 27.0 Å². The first-order valence-electron chi connectivity index (χ1n) is 1.30. The van der Waals surface area contributed by atoms with E-state index in [1.54, 1.807) is 12.4 Å². The zero-order valence-electron chi connectivity index (χ0n) is 3.55. The lowest BCUT2D eigenvalue weighted by atomic mass is 11.0. The second kappa shape index (κ2) is 5.84. The van der Waals surface area contributed by atoms with Crippen LogP contribution in [0.3, 0.4) is 0 Å². The SMILES string of the molecule is S.S.c1cn[nH]n1. The van der Waals surface area contributed by atoms with Crippen LogP contribution in [0.5, 0.6) is 0 Å². The minimum Gasteiger partial charge on any atom is -0.198 e. The van der Waals surface area contributed by atoms with Gasteiger partial charge in [0.2, 0.25) is 0 Å². The molecule has 0 aliphatic rings. The van der Waals surface area contributed by atoms with Crippen molar-refractivity contribution in [3.8, 4) is 0 Å². The van der Waals surface area contributed by atoms with E-state index in [9.17, 15) is 0 Å². The predicted molar refractivity (Wildman–Crippen MR) is 37.1 cm³/mol. The molecular formula is C2H7N3S2. The molecule has 0 aromatic carbocycles. The Morgan fingerprint density at radius 2 is 1.43 bits per heavy atom. The molecule has 42 valence electrons. The van der Waals surface area contributed by atoms with Gasteiger partial charge >= 0.3 is 0 Å². The number of aromatic nitrogens is 3. The van der Waals surface area contributed by atoms with Crippen molar-refractivity contribution in [1.29, 1.82) is 0 Å². The summed E-state index contributed by atoms with van der Waals surface area (Å²) >= 11 is 0. The molecule has 1 aromatic heterocycles. The lowest BCUT2D eigenvalue weighted by Gasteiger charge is -1.48. The Labute approximate surface area is 55.4 Å². The first-order valence-corrected chi connectivity index (χ1v) is 1.30. The van der Waals surface area contributed by atoms with E-state index in [0.29, 0.717) is 0 Å². The molecule has 1 rings (SSSR count). The highest BCUT2D eigenvalue weighted by Gasteiger charge is 1.57. The van der Waals surface area contributed by atoms with E-state index in [1.807, 2.05) is 0 Å². The summed E-state index contributed by atoms with van der Waals surface area (Å²) in [4.78, 5) is 0. The summed E-state index contributed by atoms with van der Waals surface area (Å²) < 4.78 is 0. The van der Waals surface area contributed by atoms with Crippen molar-refractivity contribution in [3.05, 3.63) is 12.4 Å². The van der Waals surface area contributed by atoms with Crippen molar-refractivity contribution in [1.82, 2.24) is 15.4 Å². The molecule has 7 heavy (non-hydrogen) atoms. The fourth-order valence-electron chi connectivity index (χ4n) is 0.167. The van der Waals surface area contributed by atoms with Crippen LogP contribution in [0.15, 0.2) is 12.4 Å². The van der Waals surface area contributed by atoms with E-state index in [4.69, 9.17) is 0 Å². The third-order valence-electron chi connectivity index (χ3n) is 0.331. The van der Waals surface area contributed by atoms with Gasteiger partial charge in [-0.15, -0.1) is 0 Å². The van der Waals surface area contributed by atoms with Crippen molar-refractivity contribution in [2.45, 2.75) is 0 Å². The fourth-order valence-corrected chi connectivity index (χ4v) is 0.167. The Balaban J connectivity index is 0. The van der Waals surface area contributed by atoms with Gasteiger partial charge in [0.25, 0.3) is 0 Å². The summed E-state index contributed by atoms with van der Waals surface area (Å²) in [5.41, 5.74) is 0. The molecule has 0 spiro atoms. The minimum absolute atomic E-state index is 0. The highest BCUT2D eigenvalue weighted by atomic mass is 32.1. The third-order valence-corrected chi connectivity index (χ3v) is 0.331. The largest absolute Gasteiger partial charge is 0.198 e. The number of nitrogens with one attached hydrogen (secondary N) is 1. The van der Waals surface area contributed by atoms with Gasteiger partial charge < -0.3 is 0 Å². The quantitative estimate of drug-likeness (QED) is 0.548. The van der Waals surface area contributed by atoms with Crippen molar-refractivity contribution < 1.29 is 0 Å². The Hall–Kier alpha value is -0.160. The van der Waals surface area contributed by atoms with E-state index in [0.717, 1.165) is 0 Å². The molecule has 0 atom stereocenters. The van der Waals surface area contributed by atoms with Crippen LogP contribution in [-0.2, 0) is 0 Å². The van der Waals surface area contributed by atoms with E-state index in [2.05, 4.69) is 15.4 Å². The van der Waals surface area contributed by atoms with Gasteiger partial charge in [0, 0.05) is 0 Å². The van der Waals surface area contributed by atoms with Crippen LogP contribution in [0, 0.1) is 0 Å². The van der Waals surface area contributed by atoms with E-state index >= 15 is 0 Å². The van der Waals surface area contributed by atoms with Crippen LogP contribution in [0.2, 0.25) is 0 Å². The second-order valence-corrected chi connectivity index (χ2v) is 0.656. The van der Waals surface area contributed by atoms with Crippen LogP contribution in [0.25, 0.3) is 0 Å². The van der Waals surface area contributed by atoms with Gasteiger partial charge in [0.1, 0.15) is 0 Å². The minimum atomic E-state index is 0. The number of nitrogens with zero attached hydrogens (tertiary/aromatic N) is 2. The number of H-pyrrole nitrogens is 1. The first kappa shape index (κ1) is 9.96. The Kier molecular flexibility index (Phi) is 8.31. The Bertz CT molecular complexity index is 67.4. The number of rotatable bonds is 0.